The average molecular weight is 234 g/mol. The normalized spacial score (nSPS) is 13.1. The Morgan fingerprint density at radius 3 is 2.00 bits per heavy atom. The first-order chi connectivity index (χ1) is 5.77. The molecule has 0 saturated heterocycles. The third-order valence-electron chi connectivity index (χ3n) is 1.03. The highest BCUT2D eigenvalue weighted by molar-refractivity contribution is 7.91. The van der Waals surface area contributed by atoms with Crippen molar-refractivity contribution in [2.24, 2.45) is 0 Å². The molecule has 0 aromatic rings. The smallest absolute Gasteiger partial charge is 0.395 e. The van der Waals surface area contributed by atoms with Crippen molar-refractivity contribution in [2.75, 3.05) is 24.7 Å². The van der Waals surface area contributed by atoms with E-state index in [1.807, 2.05) is 0 Å². The second kappa shape index (κ2) is 4.86. The molecule has 0 rings (SSSR count). The molecule has 0 amide bonds. The lowest BCUT2D eigenvalue weighted by atomic mass is 10.9. The minimum atomic E-state index is -4.59. The van der Waals surface area contributed by atoms with E-state index >= 15 is 0 Å². The summed E-state index contributed by atoms with van der Waals surface area (Å²) in [5, 5.41) is 8.27. The molecule has 13 heavy (non-hydrogen) atoms. The molecule has 7 nitrogen and oxygen atoms in total. The Hall–Kier alpha value is -0.220. The first-order valence-corrected chi connectivity index (χ1v) is 6.38. The predicted octanol–water partition coefficient (Wildman–Crippen LogP) is -1.79. The van der Waals surface area contributed by atoms with Gasteiger partial charge in [-0.25, -0.2) is 12.6 Å². The van der Waals surface area contributed by atoms with E-state index in [2.05, 4.69) is 4.18 Å². The van der Waals surface area contributed by atoms with Crippen LogP contribution < -0.4 is 0 Å². The second-order valence-electron chi connectivity index (χ2n) is 2.13. The molecule has 0 saturated carbocycles. The summed E-state index contributed by atoms with van der Waals surface area (Å²) in [6.07, 6.45) is 0. The van der Waals surface area contributed by atoms with E-state index in [1.54, 1.807) is 0 Å². The maximum Gasteiger partial charge on any atom is 0.397 e. The number of sulfone groups is 1. The zero-order chi connectivity index (χ0) is 10.5. The van der Waals surface area contributed by atoms with Gasteiger partial charge in [-0.15, -0.1) is 0 Å². The Morgan fingerprint density at radius 2 is 1.62 bits per heavy atom. The molecule has 0 aliphatic heterocycles. The number of aliphatic hydroxyl groups is 1. The minimum absolute atomic E-state index is 0.457. The molecule has 9 heteroatoms. The van der Waals surface area contributed by atoms with Gasteiger partial charge in [0.2, 0.25) is 0 Å². The summed E-state index contributed by atoms with van der Waals surface area (Å²) in [6.45, 7) is -1.19. The fourth-order valence-corrected chi connectivity index (χ4v) is 1.73. The van der Waals surface area contributed by atoms with Crippen LogP contribution in [-0.2, 0) is 24.4 Å². The standard InChI is InChI=1S/C4H10O7S2/c5-1-3-12(6,7)4-2-11-13(8,9)10/h5H,1-4H2,(H,8,9,10). The minimum Gasteiger partial charge on any atom is -0.395 e. The van der Waals surface area contributed by atoms with E-state index in [0.717, 1.165) is 0 Å². The second-order valence-corrected chi connectivity index (χ2v) is 5.52. The van der Waals surface area contributed by atoms with Crippen molar-refractivity contribution < 1.29 is 30.7 Å². The van der Waals surface area contributed by atoms with Crippen LogP contribution in [0.3, 0.4) is 0 Å². The Bertz CT molecular complexity index is 326. The first kappa shape index (κ1) is 12.8. The van der Waals surface area contributed by atoms with E-state index in [1.165, 1.54) is 0 Å². The summed E-state index contributed by atoms with van der Waals surface area (Å²) in [4.78, 5) is 0. The first-order valence-electron chi connectivity index (χ1n) is 3.20. The van der Waals surface area contributed by atoms with Crippen molar-refractivity contribution in [3.8, 4) is 0 Å². The van der Waals surface area contributed by atoms with Gasteiger partial charge in [-0.05, 0) is 0 Å². The quantitative estimate of drug-likeness (QED) is 0.521. The Morgan fingerprint density at radius 1 is 1.08 bits per heavy atom. The molecular weight excluding hydrogens is 224 g/mol. The highest BCUT2D eigenvalue weighted by atomic mass is 32.3. The van der Waals surface area contributed by atoms with Crippen LogP contribution in [-0.4, -0.2) is 51.2 Å². The lowest BCUT2D eigenvalue weighted by Gasteiger charge is -2.00. The Labute approximate surface area is 76.2 Å². The molecule has 0 aromatic carbocycles. The monoisotopic (exact) mass is 234 g/mol. The van der Waals surface area contributed by atoms with Gasteiger partial charge < -0.3 is 5.11 Å². The van der Waals surface area contributed by atoms with Crippen molar-refractivity contribution in [1.29, 1.82) is 0 Å². The summed E-state index contributed by atoms with van der Waals surface area (Å²) in [7, 11) is -8.09. The molecule has 2 N–H and O–H groups in total. The molecule has 0 spiro atoms. The molecule has 0 fully saturated rings. The van der Waals surface area contributed by atoms with E-state index in [9.17, 15) is 16.8 Å². The Kier molecular flexibility index (Phi) is 4.78. The van der Waals surface area contributed by atoms with Crippen LogP contribution in [0.2, 0.25) is 0 Å². The van der Waals surface area contributed by atoms with Crippen LogP contribution in [0.4, 0.5) is 0 Å². The van der Waals surface area contributed by atoms with Gasteiger partial charge in [-0.2, -0.15) is 8.42 Å². The molecule has 0 aliphatic rings. The van der Waals surface area contributed by atoms with Gasteiger partial charge >= 0.3 is 10.4 Å². The third-order valence-corrected chi connectivity index (χ3v) is 3.09. The molecule has 0 atom stereocenters. The lowest BCUT2D eigenvalue weighted by Crippen LogP contribution is -2.19. The van der Waals surface area contributed by atoms with E-state index in [-0.39, 0.29) is 0 Å². The van der Waals surface area contributed by atoms with Crippen molar-refractivity contribution in [3.05, 3.63) is 0 Å². The fourth-order valence-electron chi connectivity index (χ4n) is 0.507. The summed E-state index contributed by atoms with van der Waals surface area (Å²) in [6, 6.07) is 0. The van der Waals surface area contributed by atoms with Gasteiger partial charge in [0.25, 0.3) is 0 Å². The average Bonchev–Trinajstić information content (AvgIpc) is 1.82. The lowest BCUT2D eigenvalue weighted by molar-refractivity contribution is 0.283. The van der Waals surface area contributed by atoms with Crippen LogP contribution in [0.1, 0.15) is 0 Å². The molecular formula is C4H10O7S2. The highest BCUT2D eigenvalue weighted by Crippen LogP contribution is 1.92. The van der Waals surface area contributed by atoms with Crippen molar-refractivity contribution in [1.82, 2.24) is 0 Å². The number of hydrogen-bond donors (Lipinski definition) is 2. The summed E-state index contributed by atoms with van der Waals surface area (Å²) in [5.41, 5.74) is 0. The molecule has 0 radical (unpaired) electrons. The van der Waals surface area contributed by atoms with Crippen molar-refractivity contribution >= 4 is 20.2 Å². The van der Waals surface area contributed by atoms with E-state index < -0.39 is 45.0 Å². The number of aliphatic hydroxyl groups excluding tert-OH is 1. The van der Waals surface area contributed by atoms with E-state index in [4.69, 9.17) is 9.66 Å². The van der Waals surface area contributed by atoms with Crippen LogP contribution in [0.5, 0.6) is 0 Å². The maximum atomic E-state index is 10.8. The van der Waals surface area contributed by atoms with Crippen LogP contribution >= 0.6 is 0 Å². The van der Waals surface area contributed by atoms with Gasteiger partial charge in [-0.1, -0.05) is 0 Å². The predicted molar refractivity (Wildman–Crippen MR) is 43.2 cm³/mol. The fraction of sp³-hybridized carbons (Fsp3) is 1.00. The van der Waals surface area contributed by atoms with Gasteiger partial charge in [0.15, 0.2) is 9.84 Å². The molecule has 0 unspecified atom stereocenters. The summed E-state index contributed by atoms with van der Waals surface area (Å²) < 4.78 is 53.4. The van der Waals surface area contributed by atoms with Crippen molar-refractivity contribution in [2.45, 2.75) is 0 Å². The van der Waals surface area contributed by atoms with E-state index in [0.29, 0.717) is 0 Å². The van der Waals surface area contributed by atoms with Gasteiger partial charge in [0, 0.05) is 0 Å². The molecule has 80 valence electrons. The number of hydrogen-bond acceptors (Lipinski definition) is 6. The maximum absolute atomic E-state index is 10.8. The van der Waals surface area contributed by atoms with Crippen molar-refractivity contribution in [3.63, 3.8) is 0 Å². The van der Waals surface area contributed by atoms with Gasteiger partial charge in [0.1, 0.15) is 0 Å². The molecule has 0 bridgehead atoms. The number of rotatable bonds is 6. The SMILES string of the molecule is O=S(=O)(CCO)CCOS(=O)(=O)O. The van der Waals surface area contributed by atoms with Gasteiger partial charge in [-0.3, -0.25) is 4.55 Å². The zero-order valence-electron chi connectivity index (χ0n) is 6.58. The zero-order valence-corrected chi connectivity index (χ0v) is 8.21. The molecule has 0 heterocycles. The van der Waals surface area contributed by atoms with Gasteiger partial charge in [0.05, 0.1) is 24.7 Å². The van der Waals surface area contributed by atoms with Crippen LogP contribution in [0, 0.1) is 0 Å². The summed E-state index contributed by atoms with van der Waals surface area (Å²) >= 11 is 0. The molecule has 0 aromatic heterocycles. The van der Waals surface area contributed by atoms with Crippen LogP contribution in [0.25, 0.3) is 0 Å². The Balaban J connectivity index is 3.91. The summed E-state index contributed by atoms with van der Waals surface area (Å²) in [5.74, 6) is -1.02. The largest absolute Gasteiger partial charge is 0.397 e. The van der Waals surface area contributed by atoms with Crippen LogP contribution in [0.15, 0.2) is 0 Å². The molecule has 0 aliphatic carbocycles. The third kappa shape index (κ3) is 8.12. The highest BCUT2D eigenvalue weighted by Gasteiger charge is 2.12. The topological polar surface area (TPSA) is 118 Å².